The van der Waals surface area contributed by atoms with Crippen molar-refractivity contribution in [3.8, 4) is 0 Å². The molecule has 0 fully saturated rings. The average molecular weight is 418 g/mol. The van der Waals surface area contributed by atoms with Gasteiger partial charge in [0, 0.05) is 41.4 Å². The van der Waals surface area contributed by atoms with Crippen LogP contribution in [0.25, 0.3) is 0 Å². The zero-order valence-corrected chi connectivity index (χ0v) is 17.3. The molecule has 2 aromatic carbocycles. The van der Waals surface area contributed by atoms with E-state index in [-0.39, 0.29) is 17.4 Å². The Hall–Kier alpha value is -3.74. The monoisotopic (exact) mass is 418 g/mol. The number of ketones is 1. The van der Waals surface area contributed by atoms with Gasteiger partial charge in [0.2, 0.25) is 0 Å². The summed E-state index contributed by atoms with van der Waals surface area (Å²) in [5.41, 5.74) is 3.64. The molecular weight excluding hydrogens is 396 g/mol. The SMILES string of the molecule is COC(=O)C1=C(C)NC2=C(C(=O)CC(c3ccccc3)C2)C1c1cccc([N+](=O)[O-])c1. The Morgan fingerprint density at radius 3 is 2.48 bits per heavy atom. The minimum absolute atomic E-state index is 0.0261. The predicted molar refractivity (Wildman–Crippen MR) is 114 cm³/mol. The lowest BCUT2D eigenvalue weighted by Crippen LogP contribution is -2.36. The first-order chi connectivity index (χ1) is 14.9. The third-order valence-electron chi connectivity index (χ3n) is 5.92. The summed E-state index contributed by atoms with van der Waals surface area (Å²) in [4.78, 5) is 36.9. The van der Waals surface area contributed by atoms with Gasteiger partial charge >= 0.3 is 5.97 Å². The van der Waals surface area contributed by atoms with E-state index in [9.17, 15) is 19.7 Å². The average Bonchev–Trinajstić information content (AvgIpc) is 2.78. The summed E-state index contributed by atoms with van der Waals surface area (Å²) in [7, 11) is 1.28. The van der Waals surface area contributed by atoms with Gasteiger partial charge < -0.3 is 10.1 Å². The lowest BCUT2D eigenvalue weighted by molar-refractivity contribution is -0.384. The number of rotatable bonds is 4. The summed E-state index contributed by atoms with van der Waals surface area (Å²) in [6, 6.07) is 15.9. The second-order valence-electron chi connectivity index (χ2n) is 7.77. The van der Waals surface area contributed by atoms with Crippen LogP contribution >= 0.6 is 0 Å². The first-order valence-electron chi connectivity index (χ1n) is 10.0. The van der Waals surface area contributed by atoms with Gasteiger partial charge in [0.25, 0.3) is 5.69 Å². The number of ether oxygens (including phenoxy) is 1. The van der Waals surface area contributed by atoms with Crippen LogP contribution in [-0.2, 0) is 14.3 Å². The molecule has 2 aliphatic rings. The van der Waals surface area contributed by atoms with Crippen molar-refractivity contribution < 1.29 is 19.2 Å². The summed E-state index contributed by atoms with van der Waals surface area (Å²) in [5, 5.41) is 14.6. The highest BCUT2D eigenvalue weighted by Crippen LogP contribution is 2.46. The molecule has 2 atom stereocenters. The zero-order valence-electron chi connectivity index (χ0n) is 17.3. The Kier molecular flexibility index (Phi) is 5.42. The Morgan fingerprint density at radius 2 is 1.81 bits per heavy atom. The van der Waals surface area contributed by atoms with Crippen LogP contribution in [0.4, 0.5) is 5.69 Å². The largest absolute Gasteiger partial charge is 0.466 e. The zero-order chi connectivity index (χ0) is 22.1. The number of nitro benzene ring substituents is 1. The molecule has 0 amide bonds. The highest BCUT2D eigenvalue weighted by atomic mass is 16.6. The van der Waals surface area contributed by atoms with E-state index in [1.165, 1.54) is 19.2 Å². The van der Waals surface area contributed by atoms with Crippen molar-refractivity contribution in [2.75, 3.05) is 7.11 Å². The number of non-ortho nitro benzene ring substituents is 1. The number of hydrogen-bond acceptors (Lipinski definition) is 6. The van der Waals surface area contributed by atoms with Gasteiger partial charge in [-0.15, -0.1) is 0 Å². The van der Waals surface area contributed by atoms with Crippen molar-refractivity contribution >= 4 is 17.4 Å². The number of Topliss-reactive ketones (excluding diaryl/α,β-unsaturated/α-hetero) is 1. The lowest BCUT2D eigenvalue weighted by Gasteiger charge is -2.36. The number of esters is 1. The Bertz CT molecular complexity index is 1130. The molecule has 1 aliphatic heterocycles. The standard InChI is InChI=1S/C24H22N2O5/c1-14-21(24(28)31-2)22(16-9-6-10-18(11-16)26(29)30)23-19(25-14)12-17(13-20(23)27)15-7-4-3-5-8-15/h3-11,17,22,25H,12-13H2,1-2H3. The Labute approximate surface area is 179 Å². The van der Waals surface area contributed by atoms with Crippen LogP contribution in [0.1, 0.15) is 42.7 Å². The van der Waals surface area contributed by atoms with Crippen molar-refractivity contribution in [3.05, 3.63) is 98.4 Å². The van der Waals surface area contributed by atoms with Crippen molar-refractivity contribution in [1.29, 1.82) is 0 Å². The number of hydrogen-bond donors (Lipinski definition) is 1. The summed E-state index contributed by atoms with van der Waals surface area (Å²) >= 11 is 0. The molecular formula is C24H22N2O5. The number of nitrogens with one attached hydrogen (secondary N) is 1. The summed E-state index contributed by atoms with van der Waals surface area (Å²) < 4.78 is 4.99. The fourth-order valence-corrected chi connectivity index (χ4v) is 4.53. The first kappa shape index (κ1) is 20.5. The van der Waals surface area contributed by atoms with Gasteiger partial charge in [-0.3, -0.25) is 14.9 Å². The van der Waals surface area contributed by atoms with Crippen LogP contribution < -0.4 is 5.32 Å². The van der Waals surface area contributed by atoms with Crippen LogP contribution in [-0.4, -0.2) is 23.8 Å². The van der Waals surface area contributed by atoms with Gasteiger partial charge in [-0.25, -0.2) is 4.79 Å². The van der Waals surface area contributed by atoms with E-state index in [0.717, 1.165) is 11.3 Å². The van der Waals surface area contributed by atoms with Gasteiger partial charge in [-0.1, -0.05) is 42.5 Å². The van der Waals surface area contributed by atoms with E-state index in [1.807, 2.05) is 30.3 Å². The van der Waals surface area contributed by atoms with Gasteiger partial charge in [-0.05, 0) is 30.4 Å². The predicted octanol–water partition coefficient (Wildman–Crippen LogP) is 4.13. The van der Waals surface area contributed by atoms with E-state index >= 15 is 0 Å². The van der Waals surface area contributed by atoms with Gasteiger partial charge in [-0.2, -0.15) is 0 Å². The summed E-state index contributed by atoms with van der Waals surface area (Å²) in [5.74, 6) is -1.33. The topological polar surface area (TPSA) is 98.5 Å². The number of methoxy groups -OCH3 is 1. The van der Waals surface area contributed by atoms with Crippen LogP contribution in [0.2, 0.25) is 0 Å². The Morgan fingerprint density at radius 1 is 1.10 bits per heavy atom. The number of nitrogens with zero attached hydrogens (tertiary/aromatic N) is 1. The van der Waals surface area contributed by atoms with Crippen molar-refractivity contribution in [3.63, 3.8) is 0 Å². The number of allylic oxidation sites excluding steroid dienone is 3. The van der Waals surface area contributed by atoms with E-state index in [1.54, 1.807) is 19.1 Å². The fraction of sp³-hybridized carbons (Fsp3) is 0.250. The molecule has 0 saturated carbocycles. The minimum atomic E-state index is -0.715. The minimum Gasteiger partial charge on any atom is -0.466 e. The molecule has 0 spiro atoms. The van der Waals surface area contributed by atoms with Crippen LogP contribution in [0.5, 0.6) is 0 Å². The normalized spacial score (nSPS) is 20.8. The molecule has 158 valence electrons. The maximum atomic E-state index is 13.4. The molecule has 0 radical (unpaired) electrons. The summed E-state index contributed by atoms with van der Waals surface area (Å²) in [6.07, 6.45) is 0.922. The van der Waals surface area contributed by atoms with Crippen molar-refractivity contribution in [1.82, 2.24) is 5.32 Å². The van der Waals surface area contributed by atoms with Crippen LogP contribution in [0, 0.1) is 10.1 Å². The number of nitro groups is 1. The van der Waals surface area contributed by atoms with E-state index in [0.29, 0.717) is 35.2 Å². The smallest absolute Gasteiger partial charge is 0.336 e. The number of benzene rings is 2. The number of dihydropyridines is 1. The molecule has 31 heavy (non-hydrogen) atoms. The van der Waals surface area contributed by atoms with Crippen LogP contribution in [0.15, 0.2) is 77.1 Å². The second kappa shape index (κ2) is 8.18. The van der Waals surface area contributed by atoms with Crippen molar-refractivity contribution in [2.45, 2.75) is 31.6 Å². The first-order valence-corrected chi connectivity index (χ1v) is 10.0. The lowest BCUT2D eigenvalue weighted by atomic mass is 9.71. The summed E-state index contributed by atoms with van der Waals surface area (Å²) in [6.45, 7) is 1.76. The molecule has 2 unspecified atom stereocenters. The third-order valence-corrected chi connectivity index (χ3v) is 5.92. The van der Waals surface area contributed by atoms with E-state index < -0.39 is 16.8 Å². The van der Waals surface area contributed by atoms with Crippen molar-refractivity contribution in [2.24, 2.45) is 0 Å². The Balaban J connectivity index is 1.84. The molecule has 0 aromatic heterocycles. The van der Waals surface area contributed by atoms with Gasteiger partial charge in [0.1, 0.15) is 0 Å². The second-order valence-corrected chi connectivity index (χ2v) is 7.77. The number of carbonyl (C=O) groups excluding carboxylic acids is 2. The molecule has 1 aliphatic carbocycles. The maximum absolute atomic E-state index is 13.4. The molecule has 1 N–H and O–H groups in total. The van der Waals surface area contributed by atoms with E-state index in [4.69, 9.17) is 4.74 Å². The highest BCUT2D eigenvalue weighted by Gasteiger charge is 2.41. The molecule has 7 heteroatoms. The molecule has 0 bridgehead atoms. The molecule has 7 nitrogen and oxygen atoms in total. The highest BCUT2D eigenvalue weighted by molar-refractivity contribution is 6.04. The molecule has 0 saturated heterocycles. The molecule has 4 rings (SSSR count). The quantitative estimate of drug-likeness (QED) is 0.455. The van der Waals surface area contributed by atoms with Crippen LogP contribution in [0.3, 0.4) is 0 Å². The third kappa shape index (κ3) is 3.74. The van der Waals surface area contributed by atoms with Gasteiger partial charge in [0.15, 0.2) is 5.78 Å². The molecule has 1 heterocycles. The maximum Gasteiger partial charge on any atom is 0.336 e. The van der Waals surface area contributed by atoms with Gasteiger partial charge in [0.05, 0.1) is 17.6 Å². The van der Waals surface area contributed by atoms with E-state index in [2.05, 4.69) is 5.32 Å². The number of carbonyl (C=O) groups is 2. The fourth-order valence-electron chi connectivity index (χ4n) is 4.53. The molecule has 2 aromatic rings.